The van der Waals surface area contributed by atoms with Crippen molar-refractivity contribution in [1.82, 2.24) is 15.1 Å². The molecule has 0 radical (unpaired) electrons. The maximum atomic E-state index is 5.49. The predicted octanol–water partition coefficient (Wildman–Crippen LogP) is 0.393. The van der Waals surface area contributed by atoms with E-state index in [0.717, 1.165) is 38.3 Å². The smallest absolute Gasteiger partial charge is 0.0594 e. The van der Waals surface area contributed by atoms with Crippen LogP contribution in [0.2, 0.25) is 0 Å². The number of hydrogen-bond donors (Lipinski definition) is 1. The van der Waals surface area contributed by atoms with Crippen LogP contribution < -0.4 is 5.32 Å². The Morgan fingerprint density at radius 3 is 2.61 bits per heavy atom. The molecule has 0 aromatic heterocycles. The third-order valence-electron chi connectivity index (χ3n) is 4.80. The van der Waals surface area contributed by atoms with E-state index in [0.29, 0.717) is 0 Å². The fraction of sp³-hybridized carbons (Fsp3) is 1.00. The highest BCUT2D eigenvalue weighted by atomic mass is 16.5. The summed E-state index contributed by atoms with van der Waals surface area (Å²) in [4.78, 5) is 5.35. The quantitative estimate of drug-likeness (QED) is 0.787. The Labute approximate surface area is 111 Å². The second-order valence-corrected chi connectivity index (χ2v) is 5.98. The lowest BCUT2D eigenvalue weighted by molar-refractivity contribution is -0.00753. The van der Waals surface area contributed by atoms with Crippen LogP contribution in [0.3, 0.4) is 0 Å². The lowest BCUT2D eigenvalue weighted by atomic mass is 9.90. The lowest BCUT2D eigenvalue weighted by Gasteiger charge is -2.43. The minimum atomic E-state index is 0.739. The Balaban J connectivity index is 1.57. The molecule has 4 nitrogen and oxygen atoms in total. The van der Waals surface area contributed by atoms with Crippen molar-refractivity contribution >= 4 is 0 Å². The van der Waals surface area contributed by atoms with Crippen LogP contribution >= 0.6 is 0 Å². The van der Waals surface area contributed by atoms with Gasteiger partial charge in [-0.2, -0.15) is 0 Å². The van der Waals surface area contributed by atoms with Gasteiger partial charge in [0.2, 0.25) is 0 Å². The van der Waals surface area contributed by atoms with Crippen molar-refractivity contribution in [3.05, 3.63) is 0 Å². The molecule has 0 aromatic rings. The van der Waals surface area contributed by atoms with Crippen molar-refractivity contribution in [2.24, 2.45) is 5.92 Å². The monoisotopic (exact) mass is 253 g/mol. The highest BCUT2D eigenvalue weighted by Gasteiger charge is 2.32. The average Bonchev–Trinajstić information content (AvgIpc) is 2.93. The molecule has 0 bridgehead atoms. The summed E-state index contributed by atoms with van der Waals surface area (Å²) in [6.45, 7) is 10.5. The van der Waals surface area contributed by atoms with E-state index in [4.69, 9.17) is 4.74 Å². The second-order valence-electron chi connectivity index (χ2n) is 5.98. The molecule has 3 aliphatic heterocycles. The topological polar surface area (TPSA) is 27.7 Å². The molecule has 2 unspecified atom stereocenters. The van der Waals surface area contributed by atoms with Gasteiger partial charge in [0.15, 0.2) is 0 Å². The van der Waals surface area contributed by atoms with E-state index in [1.807, 2.05) is 0 Å². The van der Waals surface area contributed by atoms with Crippen LogP contribution in [0, 0.1) is 5.92 Å². The van der Waals surface area contributed by atoms with Gasteiger partial charge < -0.3 is 15.0 Å². The summed E-state index contributed by atoms with van der Waals surface area (Å²) in [5.41, 5.74) is 0. The van der Waals surface area contributed by atoms with Crippen LogP contribution in [0.4, 0.5) is 0 Å². The van der Waals surface area contributed by atoms with Crippen molar-refractivity contribution in [1.29, 1.82) is 0 Å². The van der Waals surface area contributed by atoms with Crippen LogP contribution in [0.1, 0.15) is 19.3 Å². The molecule has 18 heavy (non-hydrogen) atoms. The van der Waals surface area contributed by atoms with Gasteiger partial charge in [-0.3, -0.25) is 4.90 Å². The highest BCUT2D eigenvalue weighted by Crippen LogP contribution is 2.22. The van der Waals surface area contributed by atoms with E-state index >= 15 is 0 Å². The first-order valence-corrected chi connectivity index (χ1v) is 7.68. The van der Waals surface area contributed by atoms with Gasteiger partial charge >= 0.3 is 0 Å². The van der Waals surface area contributed by atoms with E-state index in [9.17, 15) is 0 Å². The largest absolute Gasteiger partial charge is 0.379 e. The zero-order valence-corrected chi connectivity index (χ0v) is 11.4. The number of piperidine rings is 1. The standard InChI is InChI=1S/C14H27N3O/c1-2-6-16(5-1)12-13-3-4-15-11-14(13)17-7-9-18-10-8-17/h13-15H,1-12H2. The maximum Gasteiger partial charge on any atom is 0.0594 e. The van der Waals surface area contributed by atoms with Gasteiger partial charge in [0.1, 0.15) is 0 Å². The van der Waals surface area contributed by atoms with Gasteiger partial charge in [-0.15, -0.1) is 0 Å². The van der Waals surface area contributed by atoms with Gasteiger partial charge in [0, 0.05) is 32.2 Å². The molecule has 3 aliphatic rings. The van der Waals surface area contributed by atoms with Gasteiger partial charge in [-0.05, 0) is 44.8 Å². The van der Waals surface area contributed by atoms with E-state index in [2.05, 4.69) is 15.1 Å². The van der Waals surface area contributed by atoms with Gasteiger partial charge in [-0.25, -0.2) is 0 Å². The Morgan fingerprint density at radius 2 is 1.83 bits per heavy atom. The molecule has 2 atom stereocenters. The van der Waals surface area contributed by atoms with E-state index < -0.39 is 0 Å². The fourth-order valence-electron chi connectivity index (χ4n) is 3.74. The Hall–Kier alpha value is -0.160. The molecule has 3 fully saturated rings. The van der Waals surface area contributed by atoms with Crippen LogP contribution in [0.25, 0.3) is 0 Å². The zero-order valence-electron chi connectivity index (χ0n) is 11.4. The van der Waals surface area contributed by atoms with Crippen LogP contribution in [0.15, 0.2) is 0 Å². The minimum Gasteiger partial charge on any atom is -0.379 e. The third-order valence-corrected chi connectivity index (χ3v) is 4.80. The van der Waals surface area contributed by atoms with Crippen molar-refractivity contribution in [3.8, 4) is 0 Å². The summed E-state index contributed by atoms with van der Waals surface area (Å²) in [7, 11) is 0. The summed E-state index contributed by atoms with van der Waals surface area (Å²) in [5, 5.41) is 3.59. The zero-order chi connectivity index (χ0) is 12.2. The predicted molar refractivity (Wildman–Crippen MR) is 72.8 cm³/mol. The number of rotatable bonds is 3. The average molecular weight is 253 g/mol. The molecule has 4 heteroatoms. The van der Waals surface area contributed by atoms with Crippen molar-refractivity contribution in [2.45, 2.75) is 25.3 Å². The summed E-state index contributed by atoms with van der Waals surface area (Å²) in [5.74, 6) is 0.863. The molecular weight excluding hydrogens is 226 g/mol. The van der Waals surface area contributed by atoms with Crippen LogP contribution in [-0.2, 0) is 4.74 Å². The fourth-order valence-corrected chi connectivity index (χ4v) is 3.74. The SMILES string of the molecule is C1CCN(CC2CCNCC2N2CCOCC2)C1. The normalized spacial score (nSPS) is 36.0. The number of nitrogens with one attached hydrogen (secondary N) is 1. The number of hydrogen-bond acceptors (Lipinski definition) is 4. The molecular formula is C14H27N3O. The Bertz CT molecular complexity index is 249. The summed E-state index contributed by atoms with van der Waals surface area (Å²) < 4.78 is 5.49. The second kappa shape index (κ2) is 6.33. The summed E-state index contributed by atoms with van der Waals surface area (Å²) >= 11 is 0. The maximum absolute atomic E-state index is 5.49. The van der Waals surface area contributed by atoms with Crippen molar-refractivity contribution < 1.29 is 4.74 Å². The highest BCUT2D eigenvalue weighted by molar-refractivity contribution is 4.89. The Kier molecular flexibility index (Phi) is 4.52. The van der Waals surface area contributed by atoms with Gasteiger partial charge in [0.25, 0.3) is 0 Å². The molecule has 3 heterocycles. The van der Waals surface area contributed by atoms with E-state index in [-0.39, 0.29) is 0 Å². The molecule has 0 amide bonds. The van der Waals surface area contributed by atoms with Crippen LogP contribution in [0.5, 0.6) is 0 Å². The van der Waals surface area contributed by atoms with Crippen molar-refractivity contribution in [3.63, 3.8) is 0 Å². The number of nitrogens with zero attached hydrogens (tertiary/aromatic N) is 2. The Morgan fingerprint density at radius 1 is 1.06 bits per heavy atom. The molecule has 104 valence electrons. The third kappa shape index (κ3) is 3.05. The number of morpholine rings is 1. The van der Waals surface area contributed by atoms with Gasteiger partial charge in [-0.1, -0.05) is 0 Å². The first-order valence-electron chi connectivity index (χ1n) is 7.68. The minimum absolute atomic E-state index is 0.739. The summed E-state index contributed by atoms with van der Waals surface area (Å²) in [6.07, 6.45) is 4.17. The first kappa shape index (κ1) is 12.9. The van der Waals surface area contributed by atoms with E-state index in [1.54, 1.807) is 0 Å². The molecule has 0 aromatic carbocycles. The molecule has 3 rings (SSSR count). The number of ether oxygens (including phenoxy) is 1. The van der Waals surface area contributed by atoms with Crippen LogP contribution in [-0.4, -0.2) is 74.9 Å². The first-order chi connectivity index (χ1) is 8.93. The molecule has 3 saturated heterocycles. The van der Waals surface area contributed by atoms with E-state index in [1.165, 1.54) is 52.0 Å². The number of likely N-dealkylation sites (tertiary alicyclic amines) is 1. The molecule has 0 aliphatic carbocycles. The molecule has 0 spiro atoms. The van der Waals surface area contributed by atoms with Crippen molar-refractivity contribution in [2.75, 3.05) is 59.0 Å². The lowest BCUT2D eigenvalue weighted by Crippen LogP contribution is -2.56. The van der Waals surface area contributed by atoms with Gasteiger partial charge in [0.05, 0.1) is 13.2 Å². The molecule has 1 N–H and O–H groups in total. The summed E-state index contributed by atoms with van der Waals surface area (Å²) in [6, 6.07) is 0.739. The molecule has 0 saturated carbocycles.